The van der Waals surface area contributed by atoms with E-state index >= 15 is 0 Å². The molecule has 0 unspecified atom stereocenters. The molecule has 2 aromatic carbocycles. The molecule has 0 aliphatic carbocycles. The van der Waals surface area contributed by atoms with Gasteiger partial charge in [-0.25, -0.2) is 26.4 Å². The molecule has 2 N–H and O–H groups in total. The smallest absolute Gasteiger partial charge is 0.225 e. The van der Waals surface area contributed by atoms with Gasteiger partial charge in [0.25, 0.3) is 0 Å². The average Bonchev–Trinajstić information content (AvgIpc) is 2.55. The Hall–Kier alpha value is -1.81. The van der Waals surface area contributed by atoms with Crippen LogP contribution in [0.3, 0.4) is 0 Å². The molecule has 0 spiro atoms. The van der Waals surface area contributed by atoms with Gasteiger partial charge in [0, 0.05) is 13.1 Å². The normalized spacial score (nSPS) is 15.8. The molecule has 1 heterocycles. The summed E-state index contributed by atoms with van der Waals surface area (Å²) in [4.78, 5) is -0.0379. The zero-order chi connectivity index (χ0) is 18.2. The van der Waals surface area contributed by atoms with Crippen LogP contribution in [0.4, 0.5) is 4.39 Å². The van der Waals surface area contributed by atoms with E-state index in [9.17, 15) is 21.2 Å². The molecule has 0 amide bonds. The minimum atomic E-state index is -3.85. The summed E-state index contributed by atoms with van der Waals surface area (Å²) in [5, 5.41) is 5.13. The van der Waals surface area contributed by atoms with Crippen LogP contribution < -0.4 is 5.14 Å². The van der Waals surface area contributed by atoms with Gasteiger partial charge in [0.2, 0.25) is 20.0 Å². The maximum absolute atomic E-state index is 13.0. The molecule has 1 aliphatic rings. The highest BCUT2D eigenvalue weighted by Gasteiger charge is 2.27. The SMILES string of the molecule is NS(=O)(=O)c1ccc2c(c1)CN(S(=O)(=O)Cc1ccc(F)cc1)CC2. The second-order valence-electron chi connectivity index (χ2n) is 5.94. The quantitative estimate of drug-likeness (QED) is 0.861. The Morgan fingerprint density at radius 1 is 1.00 bits per heavy atom. The maximum Gasteiger partial charge on any atom is 0.238 e. The number of fused-ring (bicyclic) bond motifs is 1. The zero-order valence-corrected chi connectivity index (χ0v) is 14.9. The van der Waals surface area contributed by atoms with Crippen molar-refractivity contribution in [2.24, 2.45) is 5.14 Å². The number of rotatable bonds is 4. The number of nitrogens with zero attached hydrogens (tertiary/aromatic N) is 1. The van der Waals surface area contributed by atoms with Crippen LogP contribution in [-0.4, -0.2) is 27.7 Å². The maximum atomic E-state index is 13.0. The molecule has 0 bridgehead atoms. The molecule has 0 saturated carbocycles. The summed E-state index contributed by atoms with van der Waals surface area (Å²) < 4.78 is 62.5. The lowest BCUT2D eigenvalue weighted by Crippen LogP contribution is -2.36. The first-order valence-electron chi connectivity index (χ1n) is 7.52. The molecule has 0 radical (unpaired) electrons. The first kappa shape index (κ1) is 18.0. The molecule has 0 saturated heterocycles. The van der Waals surface area contributed by atoms with Gasteiger partial charge in [0.1, 0.15) is 5.82 Å². The van der Waals surface area contributed by atoms with E-state index in [0.717, 1.165) is 5.56 Å². The van der Waals surface area contributed by atoms with Crippen molar-refractivity contribution in [2.75, 3.05) is 6.54 Å². The van der Waals surface area contributed by atoms with Crippen molar-refractivity contribution in [3.8, 4) is 0 Å². The van der Waals surface area contributed by atoms with Crippen LogP contribution in [0.25, 0.3) is 0 Å². The molecule has 0 fully saturated rings. The number of nitrogens with two attached hydrogens (primary N) is 1. The van der Waals surface area contributed by atoms with E-state index in [0.29, 0.717) is 24.1 Å². The van der Waals surface area contributed by atoms with Crippen LogP contribution in [0.2, 0.25) is 0 Å². The second kappa shape index (κ2) is 6.49. The van der Waals surface area contributed by atoms with Gasteiger partial charge in [-0.1, -0.05) is 18.2 Å². The Morgan fingerprint density at radius 2 is 1.68 bits per heavy atom. The molecule has 25 heavy (non-hydrogen) atoms. The number of hydrogen-bond donors (Lipinski definition) is 1. The van der Waals surface area contributed by atoms with Crippen molar-refractivity contribution >= 4 is 20.0 Å². The summed E-state index contributed by atoms with van der Waals surface area (Å²) in [7, 11) is -7.46. The average molecular weight is 384 g/mol. The van der Waals surface area contributed by atoms with Crippen LogP contribution in [0.5, 0.6) is 0 Å². The predicted molar refractivity (Wildman–Crippen MR) is 91.0 cm³/mol. The Kier molecular flexibility index (Phi) is 4.67. The molecule has 134 valence electrons. The molecule has 2 aromatic rings. The third kappa shape index (κ3) is 4.06. The molecule has 6 nitrogen and oxygen atoms in total. The van der Waals surface area contributed by atoms with Crippen molar-refractivity contribution < 1.29 is 21.2 Å². The molecule has 3 rings (SSSR count). The topological polar surface area (TPSA) is 97.5 Å². The van der Waals surface area contributed by atoms with Crippen LogP contribution in [0.1, 0.15) is 16.7 Å². The van der Waals surface area contributed by atoms with Crippen molar-refractivity contribution in [2.45, 2.75) is 23.6 Å². The van der Waals surface area contributed by atoms with Gasteiger partial charge >= 0.3 is 0 Å². The highest BCUT2D eigenvalue weighted by atomic mass is 32.2. The number of sulfonamides is 2. The van der Waals surface area contributed by atoms with Gasteiger partial charge in [-0.3, -0.25) is 0 Å². The summed E-state index contributed by atoms with van der Waals surface area (Å²) >= 11 is 0. The number of hydrogen-bond acceptors (Lipinski definition) is 4. The first-order valence-corrected chi connectivity index (χ1v) is 10.7. The summed E-state index contributed by atoms with van der Waals surface area (Å²) in [5.41, 5.74) is 2.02. The van der Waals surface area contributed by atoms with E-state index in [4.69, 9.17) is 5.14 Å². The monoisotopic (exact) mass is 384 g/mol. The lowest BCUT2D eigenvalue weighted by Gasteiger charge is -2.28. The highest BCUT2D eigenvalue weighted by molar-refractivity contribution is 7.89. The molecule has 0 aromatic heterocycles. The fourth-order valence-electron chi connectivity index (χ4n) is 2.80. The Labute approximate surface area is 146 Å². The van der Waals surface area contributed by atoms with Crippen molar-refractivity contribution in [3.63, 3.8) is 0 Å². The third-order valence-electron chi connectivity index (χ3n) is 4.14. The Balaban J connectivity index is 1.84. The molecule has 0 atom stereocenters. The molecular formula is C16H17FN2O4S2. The van der Waals surface area contributed by atoms with E-state index in [1.807, 2.05) is 0 Å². The fourth-order valence-corrected chi connectivity index (χ4v) is 4.87. The van der Waals surface area contributed by atoms with E-state index < -0.39 is 25.9 Å². The Bertz CT molecular complexity index is 1000. The Morgan fingerprint density at radius 3 is 2.32 bits per heavy atom. The number of benzene rings is 2. The van der Waals surface area contributed by atoms with Crippen molar-refractivity contribution in [3.05, 3.63) is 65.0 Å². The minimum absolute atomic E-state index is 0.0379. The van der Waals surface area contributed by atoms with Gasteiger partial charge in [0.05, 0.1) is 10.6 Å². The summed E-state index contributed by atoms with van der Waals surface area (Å²) in [6, 6.07) is 9.82. The largest absolute Gasteiger partial charge is 0.238 e. The van der Waals surface area contributed by atoms with Gasteiger partial charge in [0.15, 0.2) is 0 Å². The van der Waals surface area contributed by atoms with Crippen LogP contribution in [0.15, 0.2) is 47.4 Å². The van der Waals surface area contributed by atoms with Gasteiger partial charge in [-0.2, -0.15) is 4.31 Å². The number of halogens is 1. The lowest BCUT2D eigenvalue weighted by molar-refractivity contribution is 0.390. The van der Waals surface area contributed by atoms with Gasteiger partial charge < -0.3 is 0 Å². The molecule has 9 heteroatoms. The fraction of sp³-hybridized carbons (Fsp3) is 0.250. The van der Waals surface area contributed by atoms with Crippen molar-refractivity contribution in [1.29, 1.82) is 0 Å². The van der Waals surface area contributed by atoms with Gasteiger partial charge in [-0.15, -0.1) is 0 Å². The van der Waals surface area contributed by atoms with Crippen LogP contribution in [-0.2, 0) is 38.8 Å². The van der Waals surface area contributed by atoms with Crippen molar-refractivity contribution in [1.82, 2.24) is 4.31 Å². The summed E-state index contributed by atoms with van der Waals surface area (Å²) in [5.74, 6) is -0.666. The predicted octanol–water partition coefficient (Wildman–Crippen LogP) is 1.36. The van der Waals surface area contributed by atoms with E-state index in [-0.39, 0.29) is 17.2 Å². The standard InChI is InChI=1S/C16H17FN2O4S2/c17-15-4-1-12(2-5-15)11-24(20,21)19-8-7-13-3-6-16(25(18,22)23)9-14(13)10-19/h1-6,9H,7-8,10-11H2,(H2,18,22,23). The van der Waals surface area contributed by atoms with Crippen LogP contribution in [0, 0.1) is 5.82 Å². The highest BCUT2D eigenvalue weighted by Crippen LogP contribution is 2.25. The summed E-state index contributed by atoms with van der Waals surface area (Å²) in [6.07, 6.45) is 0.489. The molecule has 1 aliphatic heterocycles. The van der Waals surface area contributed by atoms with Gasteiger partial charge in [-0.05, 0) is 47.4 Å². The first-order chi connectivity index (χ1) is 11.6. The zero-order valence-electron chi connectivity index (χ0n) is 13.2. The van der Waals surface area contributed by atoms with E-state index in [1.165, 1.54) is 40.7 Å². The van der Waals surface area contributed by atoms with Crippen LogP contribution >= 0.6 is 0 Å². The molecular weight excluding hydrogens is 367 g/mol. The second-order valence-corrected chi connectivity index (χ2v) is 9.47. The van der Waals surface area contributed by atoms with E-state index in [2.05, 4.69) is 0 Å². The van der Waals surface area contributed by atoms with E-state index in [1.54, 1.807) is 6.07 Å². The number of primary sulfonamides is 1. The minimum Gasteiger partial charge on any atom is -0.225 e. The third-order valence-corrected chi connectivity index (χ3v) is 6.85. The lowest BCUT2D eigenvalue weighted by atomic mass is 10.0. The summed E-state index contributed by atoms with van der Waals surface area (Å²) in [6.45, 7) is 0.396.